The fraction of sp³-hybridized carbons (Fsp3) is 0.462. The molecule has 1 aromatic rings. The van der Waals surface area contributed by atoms with Crippen LogP contribution in [0.5, 0.6) is 0 Å². The van der Waals surface area contributed by atoms with Crippen molar-refractivity contribution in [3.63, 3.8) is 0 Å². The maximum absolute atomic E-state index is 12.6. The van der Waals surface area contributed by atoms with Crippen molar-refractivity contribution in [1.82, 2.24) is 10.2 Å². The first-order chi connectivity index (χ1) is 16.5. The second-order valence-corrected chi connectivity index (χ2v) is 9.87. The third-order valence-corrected chi connectivity index (χ3v) is 6.81. The van der Waals surface area contributed by atoms with Gasteiger partial charge in [-0.15, -0.1) is 0 Å². The molecule has 1 aliphatic heterocycles. The number of nitrogens with zero attached hydrogens (tertiary/aromatic N) is 1. The summed E-state index contributed by atoms with van der Waals surface area (Å²) in [5, 5.41) is 11.5. The van der Waals surface area contributed by atoms with Gasteiger partial charge in [0.25, 0.3) is 5.91 Å². The number of benzene rings is 1. The van der Waals surface area contributed by atoms with Crippen molar-refractivity contribution in [1.29, 1.82) is 0 Å². The highest BCUT2D eigenvalue weighted by molar-refractivity contribution is 8.26. The fourth-order valence-electron chi connectivity index (χ4n) is 3.51. The second-order valence-electron chi connectivity index (χ2n) is 8.20. The molecular weight excluding hydrogens is 468 g/mol. The smallest absolute Gasteiger partial charge is 0.303 e. The standard InChI is InChI=1S/C26H34N2O4S2/c29-23(27-19-11-6-4-2-1-3-5-10-17-24(30)31)18-20-28-25(32)22(34-26(28)33)16-12-15-21-13-8-7-9-14-21/h7-9,12-16H,1-6,10-11,17-20H2,(H,27,29)(H,30,31)/b15-12-,22-16+. The van der Waals surface area contributed by atoms with Crippen molar-refractivity contribution < 1.29 is 19.5 Å². The molecule has 1 heterocycles. The Kier molecular flexibility index (Phi) is 13.3. The number of rotatable bonds is 16. The first-order valence-corrected chi connectivity index (χ1v) is 13.2. The van der Waals surface area contributed by atoms with E-state index in [-0.39, 0.29) is 31.2 Å². The summed E-state index contributed by atoms with van der Waals surface area (Å²) in [6.45, 7) is 0.929. The average molecular weight is 503 g/mol. The fourth-order valence-corrected chi connectivity index (χ4v) is 4.77. The summed E-state index contributed by atoms with van der Waals surface area (Å²) in [7, 11) is 0. The Morgan fingerprint density at radius 2 is 1.62 bits per heavy atom. The Balaban J connectivity index is 1.55. The van der Waals surface area contributed by atoms with Gasteiger partial charge >= 0.3 is 5.97 Å². The van der Waals surface area contributed by atoms with Gasteiger partial charge in [-0.1, -0.05) is 105 Å². The van der Waals surface area contributed by atoms with Gasteiger partial charge in [0.05, 0.1) is 4.91 Å². The minimum atomic E-state index is -0.718. The quantitative estimate of drug-likeness (QED) is 0.175. The number of allylic oxidation sites excluding steroid dienone is 2. The first-order valence-electron chi connectivity index (χ1n) is 11.9. The van der Waals surface area contributed by atoms with Crippen LogP contribution >= 0.6 is 24.0 Å². The van der Waals surface area contributed by atoms with Gasteiger partial charge in [0.2, 0.25) is 5.91 Å². The van der Waals surface area contributed by atoms with Gasteiger partial charge in [-0.3, -0.25) is 19.3 Å². The number of carbonyl (C=O) groups excluding carboxylic acids is 2. The highest BCUT2D eigenvalue weighted by atomic mass is 32.2. The molecule has 0 aliphatic carbocycles. The molecule has 0 aromatic heterocycles. The molecule has 0 unspecified atom stereocenters. The van der Waals surface area contributed by atoms with Gasteiger partial charge in [0.15, 0.2) is 0 Å². The van der Waals surface area contributed by atoms with Gasteiger partial charge in [-0.2, -0.15) is 0 Å². The Labute approximate surface area is 211 Å². The molecule has 0 saturated carbocycles. The summed E-state index contributed by atoms with van der Waals surface area (Å²) < 4.78 is 0.486. The van der Waals surface area contributed by atoms with Crippen LogP contribution in [0.2, 0.25) is 0 Å². The van der Waals surface area contributed by atoms with Crippen LogP contribution in [0.3, 0.4) is 0 Å². The Morgan fingerprint density at radius 1 is 0.971 bits per heavy atom. The molecule has 6 nitrogen and oxygen atoms in total. The largest absolute Gasteiger partial charge is 0.481 e. The van der Waals surface area contributed by atoms with E-state index in [4.69, 9.17) is 17.3 Å². The number of nitrogens with one attached hydrogen (secondary N) is 1. The van der Waals surface area contributed by atoms with Crippen LogP contribution < -0.4 is 5.32 Å². The minimum absolute atomic E-state index is 0.0690. The van der Waals surface area contributed by atoms with Crippen molar-refractivity contribution >= 4 is 52.2 Å². The van der Waals surface area contributed by atoms with Crippen LogP contribution in [-0.4, -0.2) is 45.2 Å². The Hall–Kier alpha value is -2.45. The molecule has 2 N–H and O–H groups in total. The number of unbranched alkanes of at least 4 members (excludes halogenated alkanes) is 7. The zero-order valence-electron chi connectivity index (χ0n) is 19.5. The molecule has 1 saturated heterocycles. The lowest BCUT2D eigenvalue weighted by atomic mass is 10.1. The molecule has 0 spiro atoms. The molecule has 184 valence electrons. The molecule has 0 radical (unpaired) electrons. The van der Waals surface area contributed by atoms with E-state index in [9.17, 15) is 14.4 Å². The van der Waals surface area contributed by atoms with Crippen molar-refractivity contribution in [2.24, 2.45) is 0 Å². The average Bonchev–Trinajstić information content (AvgIpc) is 3.09. The van der Waals surface area contributed by atoms with Crippen LogP contribution in [0.4, 0.5) is 0 Å². The van der Waals surface area contributed by atoms with E-state index in [1.165, 1.54) is 16.7 Å². The SMILES string of the molecule is O=C(O)CCCCCCCCCCNC(=O)CCN1C(=O)/C(=C\C=C/c2ccccc2)SC1=S. The molecule has 1 aliphatic rings. The van der Waals surface area contributed by atoms with E-state index >= 15 is 0 Å². The van der Waals surface area contributed by atoms with Gasteiger partial charge in [0.1, 0.15) is 4.32 Å². The monoisotopic (exact) mass is 502 g/mol. The van der Waals surface area contributed by atoms with Crippen LogP contribution in [0.25, 0.3) is 6.08 Å². The molecule has 1 fully saturated rings. The molecular formula is C26H34N2O4S2. The van der Waals surface area contributed by atoms with Crippen molar-refractivity contribution in [3.8, 4) is 0 Å². The van der Waals surface area contributed by atoms with Gasteiger partial charge < -0.3 is 10.4 Å². The summed E-state index contributed by atoms with van der Waals surface area (Å²) in [6.07, 6.45) is 14.2. The number of hydrogen-bond donors (Lipinski definition) is 2. The zero-order chi connectivity index (χ0) is 24.6. The van der Waals surface area contributed by atoms with Crippen LogP contribution in [0.15, 0.2) is 47.4 Å². The zero-order valence-corrected chi connectivity index (χ0v) is 21.2. The Morgan fingerprint density at radius 3 is 2.29 bits per heavy atom. The van der Waals surface area contributed by atoms with E-state index in [1.807, 2.05) is 42.5 Å². The van der Waals surface area contributed by atoms with Gasteiger partial charge in [-0.25, -0.2) is 0 Å². The molecule has 2 amide bonds. The summed E-state index contributed by atoms with van der Waals surface area (Å²) in [5.41, 5.74) is 1.05. The van der Waals surface area contributed by atoms with E-state index in [1.54, 1.807) is 6.08 Å². The molecule has 0 bridgehead atoms. The lowest BCUT2D eigenvalue weighted by Crippen LogP contribution is -2.33. The lowest BCUT2D eigenvalue weighted by Gasteiger charge is -2.14. The Bertz CT molecular complexity index is 884. The third kappa shape index (κ3) is 11.1. The highest BCUT2D eigenvalue weighted by Crippen LogP contribution is 2.31. The van der Waals surface area contributed by atoms with Crippen LogP contribution in [0.1, 0.15) is 69.8 Å². The third-order valence-electron chi connectivity index (χ3n) is 5.41. The number of carboxylic acid groups (broad SMARTS) is 1. The highest BCUT2D eigenvalue weighted by Gasteiger charge is 2.31. The predicted octanol–water partition coefficient (Wildman–Crippen LogP) is 5.55. The van der Waals surface area contributed by atoms with Gasteiger partial charge in [0, 0.05) is 25.9 Å². The van der Waals surface area contributed by atoms with Crippen molar-refractivity contribution in [3.05, 3.63) is 53.0 Å². The van der Waals surface area contributed by atoms with E-state index < -0.39 is 5.97 Å². The van der Waals surface area contributed by atoms with Gasteiger partial charge in [-0.05, 0) is 24.5 Å². The first kappa shape index (κ1) is 27.8. The normalized spacial score (nSPS) is 14.9. The number of hydrogen-bond acceptors (Lipinski definition) is 5. The topological polar surface area (TPSA) is 86.7 Å². The summed E-state index contributed by atoms with van der Waals surface area (Å²) in [5.74, 6) is -0.937. The molecule has 2 rings (SSSR count). The van der Waals surface area contributed by atoms with E-state index in [0.717, 1.165) is 56.9 Å². The predicted molar refractivity (Wildman–Crippen MR) is 142 cm³/mol. The second kappa shape index (κ2) is 16.2. The molecule has 34 heavy (non-hydrogen) atoms. The maximum Gasteiger partial charge on any atom is 0.303 e. The maximum atomic E-state index is 12.6. The molecule has 1 aromatic carbocycles. The lowest BCUT2D eigenvalue weighted by molar-refractivity contribution is -0.137. The van der Waals surface area contributed by atoms with E-state index in [2.05, 4.69) is 5.32 Å². The summed E-state index contributed by atoms with van der Waals surface area (Å²) in [4.78, 5) is 37.3. The molecule has 8 heteroatoms. The van der Waals surface area contributed by atoms with E-state index in [0.29, 0.717) is 15.8 Å². The van der Waals surface area contributed by atoms with Crippen LogP contribution in [0, 0.1) is 0 Å². The summed E-state index contributed by atoms with van der Waals surface area (Å²) in [6, 6.07) is 9.85. The number of aliphatic carboxylic acids is 1. The minimum Gasteiger partial charge on any atom is -0.481 e. The summed E-state index contributed by atoms with van der Waals surface area (Å²) >= 11 is 6.59. The molecule has 0 atom stereocenters. The number of thiocarbonyl (C=S) groups is 1. The number of carbonyl (C=O) groups is 3. The van der Waals surface area contributed by atoms with Crippen molar-refractivity contribution in [2.75, 3.05) is 13.1 Å². The number of amides is 2. The van der Waals surface area contributed by atoms with Crippen LogP contribution in [-0.2, 0) is 14.4 Å². The van der Waals surface area contributed by atoms with Crippen molar-refractivity contribution in [2.45, 2.75) is 64.2 Å². The number of carboxylic acids is 1. The number of thioether (sulfide) groups is 1.